The Labute approximate surface area is 173 Å². The van der Waals surface area contributed by atoms with E-state index in [4.69, 9.17) is 4.74 Å². The third kappa shape index (κ3) is 4.58. The Kier molecular flexibility index (Phi) is 5.90. The molecule has 0 unspecified atom stereocenters. The Hall–Kier alpha value is -1.30. The van der Waals surface area contributed by atoms with Gasteiger partial charge in [-0.25, -0.2) is 0 Å². The van der Waals surface area contributed by atoms with Crippen molar-refractivity contribution in [3.05, 3.63) is 64.1 Å². The molecule has 4 rings (SSSR count). The fourth-order valence-corrected chi connectivity index (χ4v) is 4.98. The normalized spacial score (nSPS) is 18.9. The van der Waals surface area contributed by atoms with Crippen LogP contribution in [-0.4, -0.2) is 24.4 Å². The molecule has 1 aliphatic heterocycles. The molecule has 0 spiro atoms. The van der Waals surface area contributed by atoms with Crippen molar-refractivity contribution >= 4 is 39.3 Å². The molecule has 1 N–H and O–H groups in total. The van der Waals surface area contributed by atoms with Crippen molar-refractivity contribution < 1.29 is 9.53 Å². The fourth-order valence-electron chi connectivity index (χ4n) is 3.59. The van der Waals surface area contributed by atoms with E-state index in [-0.39, 0.29) is 11.3 Å². The monoisotopic (exact) mass is 445 g/mol. The molecule has 142 valence electrons. The van der Waals surface area contributed by atoms with Crippen LogP contribution >= 0.6 is 27.7 Å². The smallest absolute Gasteiger partial charge is 0.235 e. The van der Waals surface area contributed by atoms with Crippen molar-refractivity contribution in [2.24, 2.45) is 0 Å². The maximum atomic E-state index is 13.0. The summed E-state index contributed by atoms with van der Waals surface area (Å²) in [4.78, 5) is 13.0. The molecule has 1 aliphatic carbocycles. The second-order valence-electron chi connectivity index (χ2n) is 7.37. The number of halogens is 1. The maximum absolute atomic E-state index is 13.0. The molecule has 0 atom stereocenters. The molecule has 2 aromatic rings. The van der Waals surface area contributed by atoms with Gasteiger partial charge < -0.3 is 10.1 Å². The number of carbonyl (C=O) groups is 1. The topological polar surface area (TPSA) is 38.3 Å². The van der Waals surface area contributed by atoms with Gasteiger partial charge in [-0.2, -0.15) is 11.8 Å². The van der Waals surface area contributed by atoms with Crippen LogP contribution in [0.4, 0.5) is 5.69 Å². The third-order valence-corrected chi connectivity index (χ3v) is 7.39. The number of nitrogens with one attached hydrogen (secondary N) is 1. The summed E-state index contributed by atoms with van der Waals surface area (Å²) >= 11 is 5.46. The number of carbonyl (C=O) groups excluding carboxylic acids is 1. The van der Waals surface area contributed by atoms with E-state index < -0.39 is 0 Å². The van der Waals surface area contributed by atoms with Crippen LogP contribution in [0, 0.1) is 0 Å². The molecule has 2 fully saturated rings. The van der Waals surface area contributed by atoms with Gasteiger partial charge in [0.25, 0.3) is 0 Å². The van der Waals surface area contributed by atoms with Crippen molar-refractivity contribution in [1.29, 1.82) is 0 Å². The van der Waals surface area contributed by atoms with Gasteiger partial charge in [0, 0.05) is 34.4 Å². The van der Waals surface area contributed by atoms with Gasteiger partial charge in [-0.1, -0.05) is 40.2 Å². The molecule has 0 bridgehead atoms. The van der Waals surface area contributed by atoms with Crippen molar-refractivity contribution in [2.75, 3.05) is 18.5 Å². The van der Waals surface area contributed by atoms with Gasteiger partial charge in [0.1, 0.15) is 0 Å². The second kappa shape index (κ2) is 8.38. The van der Waals surface area contributed by atoms with Gasteiger partial charge >= 0.3 is 0 Å². The molecule has 1 heterocycles. The van der Waals surface area contributed by atoms with Crippen LogP contribution in [0.3, 0.4) is 0 Å². The van der Waals surface area contributed by atoms with Gasteiger partial charge in [-0.15, -0.1) is 0 Å². The zero-order chi connectivity index (χ0) is 18.7. The summed E-state index contributed by atoms with van der Waals surface area (Å²) in [5.41, 5.74) is 2.91. The highest BCUT2D eigenvalue weighted by Crippen LogP contribution is 2.49. The molecular weight excluding hydrogens is 422 g/mol. The van der Waals surface area contributed by atoms with Crippen LogP contribution in [-0.2, 0) is 20.7 Å². The highest BCUT2D eigenvalue weighted by Gasteiger charge is 2.51. The molecule has 0 radical (unpaired) electrons. The lowest BCUT2D eigenvalue weighted by molar-refractivity contribution is -0.118. The number of amides is 1. The number of hydrogen-bond acceptors (Lipinski definition) is 3. The molecule has 5 heteroatoms. The molecule has 1 amide bonds. The minimum Gasteiger partial charge on any atom is -0.381 e. The average molecular weight is 446 g/mol. The summed E-state index contributed by atoms with van der Waals surface area (Å²) in [5, 5.41) is 3.84. The largest absolute Gasteiger partial charge is 0.381 e. The SMILES string of the molecule is O=C(Nc1cccc(CSC2CCOCC2)c1)C1(c2ccc(Br)cc2)CC1. The maximum Gasteiger partial charge on any atom is 0.235 e. The molecule has 2 aliphatic rings. The second-order valence-corrected chi connectivity index (χ2v) is 9.57. The fraction of sp³-hybridized carbons (Fsp3) is 0.409. The summed E-state index contributed by atoms with van der Waals surface area (Å²) in [6, 6.07) is 16.4. The Morgan fingerprint density at radius 1 is 1.15 bits per heavy atom. The van der Waals surface area contributed by atoms with Crippen LogP contribution in [0.25, 0.3) is 0 Å². The average Bonchev–Trinajstić information content (AvgIpc) is 3.50. The first-order chi connectivity index (χ1) is 13.2. The van der Waals surface area contributed by atoms with Gasteiger partial charge in [0.05, 0.1) is 5.41 Å². The minimum atomic E-state index is -0.354. The van der Waals surface area contributed by atoms with Crippen LogP contribution in [0.15, 0.2) is 53.0 Å². The Balaban J connectivity index is 1.39. The van der Waals surface area contributed by atoms with E-state index in [0.29, 0.717) is 5.25 Å². The zero-order valence-electron chi connectivity index (χ0n) is 15.2. The summed E-state index contributed by atoms with van der Waals surface area (Å²) in [6.07, 6.45) is 4.10. The van der Waals surface area contributed by atoms with E-state index >= 15 is 0 Å². The molecule has 27 heavy (non-hydrogen) atoms. The highest BCUT2D eigenvalue weighted by molar-refractivity contribution is 9.10. The van der Waals surface area contributed by atoms with Gasteiger partial charge in [-0.05, 0) is 61.1 Å². The summed E-state index contributed by atoms with van der Waals surface area (Å²) < 4.78 is 6.47. The van der Waals surface area contributed by atoms with Crippen LogP contribution in [0.5, 0.6) is 0 Å². The van der Waals surface area contributed by atoms with E-state index in [1.807, 2.05) is 36.0 Å². The summed E-state index contributed by atoms with van der Waals surface area (Å²) in [5.74, 6) is 1.09. The van der Waals surface area contributed by atoms with E-state index in [9.17, 15) is 4.79 Å². The van der Waals surface area contributed by atoms with Crippen molar-refractivity contribution in [3.63, 3.8) is 0 Å². The lowest BCUT2D eigenvalue weighted by Crippen LogP contribution is -2.27. The lowest BCUT2D eigenvalue weighted by Gasteiger charge is -2.21. The van der Waals surface area contributed by atoms with E-state index in [2.05, 4.69) is 45.5 Å². The molecular formula is C22H24BrNO2S. The van der Waals surface area contributed by atoms with Gasteiger partial charge in [0.15, 0.2) is 0 Å². The number of ether oxygens (including phenoxy) is 1. The lowest BCUT2D eigenvalue weighted by atomic mass is 9.95. The Morgan fingerprint density at radius 3 is 2.59 bits per heavy atom. The Morgan fingerprint density at radius 2 is 1.89 bits per heavy atom. The number of rotatable bonds is 6. The highest BCUT2D eigenvalue weighted by atomic mass is 79.9. The zero-order valence-corrected chi connectivity index (χ0v) is 17.7. The van der Waals surface area contributed by atoms with Crippen molar-refractivity contribution in [2.45, 2.75) is 42.1 Å². The first-order valence-corrected chi connectivity index (χ1v) is 11.4. The summed E-state index contributed by atoms with van der Waals surface area (Å²) in [7, 11) is 0. The predicted molar refractivity (Wildman–Crippen MR) is 115 cm³/mol. The Bertz CT molecular complexity index is 798. The molecule has 0 aromatic heterocycles. The number of anilines is 1. The quantitative estimate of drug-likeness (QED) is 0.634. The number of hydrogen-bond donors (Lipinski definition) is 1. The van der Waals surface area contributed by atoms with E-state index in [1.54, 1.807) is 0 Å². The van der Waals surface area contributed by atoms with E-state index in [0.717, 1.165) is 60.4 Å². The van der Waals surface area contributed by atoms with Gasteiger partial charge in [0.2, 0.25) is 5.91 Å². The third-order valence-electron chi connectivity index (χ3n) is 5.42. The standard InChI is InChI=1S/C22H24BrNO2S/c23-18-6-4-17(5-7-18)22(10-11-22)21(25)24-19-3-1-2-16(14-19)15-27-20-8-12-26-13-9-20/h1-7,14,20H,8-13,15H2,(H,24,25). The van der Waals surface area contributed by atoms with Crippen LogP contribution in [0.1, 0.15) is 36.8 Å². The molecule has 1 saturated carbocycles. The van der Waals surface area contributed by atoms with Crippen LogP contribution < -0.4 is 5.32 Å². The first-order valence-electron chi connectivity index (χ1n) is 9.51. The van der Waals surface area contributed by atoms with Crippen molar-refractivity contribution in [3.8, 4) is 0 Å². The molecule has 1 saturated heterocycles. The first kappa shape index (κ1) is 19.0. The molecule has 2 aromatic carbocycles. The van der Waals surface area contributed by atoms with Crippen molar-refractivity contribution in [1.82, 2.24) is 0 Å². The minimum absolute atomic E-state index is 0.110. The van der Waals surface area contributed by atoms with E-state index in [1.165, 1.54) is 5.56 Å². The van der Waals surface area contributed by atoms with Gasteiger partial charge in [-0.3, -0.25) is 4.79 Å². The summed E-state index contributed by atoms with van der Waals surface area (Å²) in [6.45, 7) is 1.76. The predicted octanol–water partition coefficient (Wildman–Crippen LogP) is 5.53. The number of thioether (sulfide) groups is 1. The van der Waals surface area contributed by atoms with Crippen LogP contribution in [0.2, 0.25) is 0 Å². The molecule has 3 nitrogen and oxygen atoms in total. The number of benzene rings is 2.